The first-order valence-corrected chi connectivity index (χ1v) is 11.5. The molecule has 4 nitrogen and oxygen atoms in total. The molecule has 1 fully saturated rings. The van der Waals surface area contributed by atoms with Crippen molar-refractivity contribution in [1.82, 2.24) is 4.57 Å². The maximum atomic E-state index is 13.1. The van der Waals surface area contributed by atoms with Crippen LogP contribution in [0, 0.1) is 0 Å². The summed E-state index contributed by atoms with van der Waals surface area (Å²) in [5, 5.41) is 4.63. The van der Waals surface area contributed by atoms with Crippen LogP contribution in [-0.4, -0.2) is 16.2 Å². The summed E-state index contributed by atoms with van der Waals surface area (Å²) in [6.45, 7) is 0. The third-order valence-electron chi connectivity index (χ3n) is 5.66. The quantitative estimate of drug-likeness (QED) is 0.593. The van der Waals surface area contributed by atoms with Crippen LogP contribution < -0.4 is 10.9 Å². The third kappa shape index (κ3) is 3.80. The number of carbonyl (C=O) groups is 1. The minimum atomic E-state index is -0.486. The first kappa shape index (κ1) is 19.5. The van der Waals surface area contributed by atoms with Crippen molar-refractivity contribution in [3.05, 3.63) is 92.7 Å². The third-order valence-corrected chi connectivity index (χ3v) is 7.08. The number of fused-ring (bicyclic) bond motifs is 1. The van der Waals surface area contributed by atoms with Crippen molar-refractivity contribution in [3.8, 4) is 0 Å². The second kappa shape index (κ2) is 7.97. The van der Waals surface area contributed by atoms with Gasteiger partial charge in [0.15, 0.2) is 0 Å². The molecule has 0 bridgehead atoms. The van der Waals surface area contributed by atoms with Gasteiger partial charge < -0.3 is 5.32 Å². The van der Waals surface area contributed by atoms with Crippen LogP contribution in [-0.2, 0) is 11.2 Å². The number of carbonyl (C=O) groups excluding carboxylic acids is 1. The fourth-order valence-corrected chi connectivity index (χ4v) is 5.61. The topological polar surface area (TPSA) is 51.1 Å². The van der Waals surface area contributed by atoms with Gasteiger partial charge in [0.1, 0.15) is 6.04 Å². The Morgan fingerprint density at radius 3 is 2.53 bits per heavy atom. The van der Waals surface area contributed by atoms with E-state index in [4.69, 9.17) is 11.6 Å². The molecule has 1 unspecified atom stereocenters. The number of aromatic nitrogens is 1. The number of hydrogen-bond acceptors (Lipinski definition) is 3. The lowest BCUT2D eigenvalue weighted by Crippen LogP contribution is -2.33. The molecule has 1 atom stereocenters. The van der Waals surface area contributed by atoms with Crippen molar-refractivity contribution in [2.45, 2.75) is 36.2 Å². The van der Waals surface area contributed by atoms with Gasteiger partial charge in [-0.3, -0.25) is 14.2 Å². The van der Waals surface area contributed by atoms with Crippen LogP contribution in [0.15, 0.2) is 70.5 Å². The van der Waals surface area contributed by atoms with Gasteiger partial charge in [-0.2, -0.15) is 0 Å². The minimum Gasteiger partial charge on any atom is -0.324 e. The van der Waals surface area contributed by atoms with Gasteiger partial charge in [-0.1, -0.05) is 41.9 Å². The Hall–Kier alpha value is -2.50. The van der Waals surface area contributed by atoms with E-state index in [1.807, 2.05) is 54.6 Å². The number of para-hydroxylation sites is 1. The Balaban J connectivity index is 1.49. The second-order valence-electron chi connectivity index (χ2n) is 7.86. The minimum absolute atomic E-state index is 0.100. The van der Waals surface area contributed by atoms with Crippen molar-refractivity contribution in [1.29, 1.82) is 0 Å². The van der Waals surface area contributed by atoms with E-state index in [-0.39, 0.29) is 11.5 Å². The van der Waals surface area contributed by atoms with E-state index in [0.29, 0.717) is 23.1 Å². The van der Waals surface area contributed by atoms with Crippen molar-refractivity contribution in [3.63, 3.8) is 0 Å². The molecule has 1 N–H and O–H groups in total. The summed E-state index contributed by atoms with van der Waals surface area (Å²) < 4.78 is 1.71. The van der Waals surface area contributed by atoms with Gasteiger partial charge in [-0.05, 0) is 66.1 Å². The van der Waals surface area contributed by atoms with Crippen LogP contribution in [0.2, 0.25) is 5.02 Å². The summed E-state index contributed by atoms with van der Waals surface area (Å²) in [6.07, 6.45) is 2.98. The molecule has 2 aliphatic rings. The normalized spacial score (nSPS) is 17.6. The summed E-state index contributed by atoms with van der Waals surface area (Å²) >= 11 is 7.65. The Bertz CT molecular complexity index is 1150. The van der Waals surface area contributed by atoms with Gasteiger partial charge in [0.05, 0.1) is 5.03 Å². The smallest absolute Gasteiger partial charge is 0.252 e. The average Bonchev–Trinajstić information content (AvgIpc) is 3.47. The number of hydrogen-bond donors (Lipinski definition) is 1. The highest BCUT2D eigenvalue weighted by atomic mass is 35.5. The van der Waals surface area contributed by atoms with Crippen LogP contribution in [0.5, 0.6) is 0 Å². The number of benzene rings is 2. The van der Waals surface area contributed by atoms with Crippen LogP contribution in [0.4, 0.5) is 5.69 Å². The van der Waals surface area contributed by atoms with Crippen LogP contribution in [0.1, 0.15) is 41.5 Å². The molecule has 1 aromatic heterocycles. The molecule has 6 heteroatoms. The molecule has 2 aromatic carbocycles. The first-order chi connectivity index (χ1) is 14.6. The van der Waals surface area contributed by atoms with Crippen molar-refractivity contribution in [2.24, 2.45) is 0 Å². The Labute approximate surface area is 184 Å². The molecule has 1 amide bonds. The van der Waals surface area contributed by atoms with Gasteiger partial charge in [0.25, 0.3) is 5.56 Å². The molecule has 0 spiro atoms. The van der Waals surface area contributed by atoms with Gasteiger partial charge in [-0.25, -0.2) is 0 Å². The van der Waals surface area contributed by atoms with Gasteiger partial charge in [-0.15, -0.1) is 11.8 Å². The number of nitrogens with zero attached hydrogens (tertiary/aromatic N) is 1. The van der Waals surface area contributed by atoms with Gasteiger partial charge >= 0.3 is 0 Å². The molecule has 1 aliphatic heterocycles. The zero-order valence-corrected chi connectivity index (χ0v) is 17.9. The number of thioether (sulfide) groups is 1. The van der Waals surface area contributed by atoms with Crippen LogP contribution in [0.3, 0.4) is 0 Å². The molecule has 2 heterocycles. The molecule has 0 saturated heterocycles. The Morgan fingerprint density at radius 2 is 1.83 bits per heavy atom. The van der Waals surface area contributed by atoms with E-state index < -0.39 is 6.04 Å². The van der Waals surface area contributed by atoms with Crippen molar-refractivity contribution in [2.75, 3.05) is 11.1 Å². The molecule has 5 rings (SSSR count). The lowest BCUT2D eigenvalue weighted by atomic mass is 9.98. The van der Waals surface area contributed by atoms with Gasteiger partial charge in [0, 0.05) is 22.5 Å². The lowest BCUT2D eigenvalue weighted by Gasteiger charge is -2.18. The first-order valence-electron chi connectivity index (χ1n) is 10.1. The highest BCUT2D eigenvalue weighted by Gasteiger charge is 2.37. The number of pyridine rings is 1. The zero-order chi connectivity index (χ0) is 20.7. The molecular formula is C24H21ClN2O2S. The Kier molecular flexibility index (Phi) is 5.17. The second-order valence-corrected chi connectivity index (χ2v) is 9.30. The van der Waals surface area contributed by atoms with E-state index in [9.17, 15) is 9.59 Å². The van der Waals surface area contributed by atoms with Crippen molar-refractivity contribution < 1.29 is 4.79 Å². The van der Waals surface area contributed by atoms with Crippen molar-refractivity contribution >= 4 is 35.0 Å². The fourth-order valence-electron chi connectivity index (χ4n) is 4.06. The van der Waals surface area contributed by atoms with E-state index in [2.05, 4.69) is 5.32 Å². The van der Waals surface area contributed by atoms with E-state index in [0.717, 1.165) is 34.7 Å². The molecule has 30 heavy (non-hydrogen) atoms. The number of nitrogens with one attached hydrogen (secondary N) is 1. The summed E-state index contributed by atoms with van der Waals surface area (Å²) in [5.74, 6) is 0.928. The average molecular weight is 437 g/mol. The number of rotatable bonds is 5. The maximum Gasteiger partial charge on any atom is 0.252 e. The summed E-state index contributed by atoms with van der Waals surface area (Å²) in [4.78, 5) is 26.0. The van der Waals surface area contributed by atoms with Crippen LogP contribution >= 0.6 is 23.4 Å². The molecule has 1 aliphatic carbocycles. The van der Waals surface area contributed by atoms with Crippen LogP contribution in [0.25, 0.3) is 0 Å². The zero-order valence-electron chi connectivity index (χ0n) is 16.3. The molecule has 3 aromatic rings. The fraction of sp³-hybridized carbons (Fsp3) is 0.250. The highest BCUT2D eigenvalue weighted by Crippen LogP contribution is 2.48. The lowest BCUT2D eigenvalue weighted by molar-refractivity contribution is -0.118. The molecule has 152 valence electrons. The SMILES string of the molecule is O=C(Nc1ccccc1)C1CSc2c(C3CC3)c(Cc3ccc(Cl)cc3)cc(=O)n21. The summed E-state index contributed by atoms with van der Waals surface area (Å²) in [5.41, 5.74) is 4.11. The maximum absolute atomic E-state index is 13.1. The Morgan fingerprint density at radius 1 is 1.10 bits per heavy atom. The molecule has 0 radical (unpaired) electrons. The number of amides is 1. The predicted molar refractivity (Wildman–Crippen MR) is 122 cm³/mol. The van der Waals surface area contributed by atoms with E-state index in [1.54, 1.807) is 22.4 Å². The van der Waals surface area contributed by atoms with E-state index in [1.165, 1.54) is 5.56 Å². The molecular weight excluding hydrogens is 416 g/mol. The molecule has 1 saturated carbocycles. The predicted octanol–water partition coefficient (Wildman–Crippen LogP) is 5.26. The van der Waals surface area contributed by atoms with E-state index >= 15 is 0 Å². The number of anilines is 1. The van der Waals surface area contributed by atoms with Gasteiger partial charge in [0.2, 0.25) is 5.91 Å². The summed E-state index contributed by atoms with van der Waals surface area (Å²) in [6, 6.07) is 18.4. The standard InChI is InChI=1S/C24H21ClN2O2S/c25-18-10-6-15(7-11-18)12-17-13-21(28)27-20(14-30-24(27)22(17)16-8-9-16)23(29)26-19-4-2-1-3-5-19/h1-7,10-11,13,16,20H,8-9,12,14H2,(H,26,29). The number of halogens is 1. The monoisotopic (exact) mass is 436 g/mol. The summed E-state index contributed by atoms with van der Waals surface area (Å²) in [7, 11) is 0. The highest BCUT2D eigenvalue weighted by molar-refractivity contribution is 7.99. The largest absolute Gasteiger partial charge is 0.324 e.